The van der Waals surface area contributed by atoms with Crippen LogP contribution in [0.5, 0.6) is 0 Å². The number of nitrogens with zero attached hydrogens (tertiary/aromatic N) is 3. The summed E-state index contributed by atoms with van der Waals surface area (Å²) in [6.07, 6.45) is 0. The summed E-state index contributed by atoms with van der Waals surface area (Å²) in [6, 6.07) is 11.6. The molecule has 0 bridgehead atoms. The van der Waals surface area contributed by atoms with E-state index >= 15 is 0 Å². The van der Waals surface area contributed by atoms with Crippen LogP contribution in [-0.4, -0.2) is 59.3 Å². The maximum Gasteiger partial charge on any atom is 0.293 e. The lowest BCUT2D eigenvalue weighted by Crippen LogP contribution is -2.50. The molecule has 29 heavy (non-hydrogen) atoms. The van der Waals surface area contributed by atoms with Gasteiger partial charge in [0.1, 0.15) is 5.69 Å². The number of carbonyl (C=O) groups excluding carboxylic acids is 2. The Hall–Kier alpha value is -2.97. The first kappa shape index (κ1) is 20.8. The van der Waals surface area contributed by atoms with Gasteiger partial charge in [0.15, 0.2) is 0 Å². The quantitative estimate of drug-likeness (QED) is 0.597. The maximum absolute atomic E-state index is 12.6. The van der Waals surface area contributed by atoms with E-state index < -0.39 is 4.92 Å². The van der Waals surface area contributed by atoms with Gasteiger partial charge >= 0.3 is 0 Å². The maximum atomic E-state index is 12.6. The molecular weight excluding hydrogens is 396 g/mol. The second-order valence-electron chi connectivity index (χ2n) is 6.87. The lowest BCUT2D eigenvalue weighted by Gasteiger charge is -2.34. The lowest BCUT2D eigenvalue weighted by molar-refractivity contribution is -0.384. The predicted octanol–water partition coefficient (Wildman–Crippen LogP) is 2.95. The predicted molar refractivity (Wildman–Crippen MR) is 110 cm³/mol. The molecule has 0 radical (unpaired) electrons. The standard InChI is InChI=1S/C20H21ClN4O4/c1-14-6-7-17(18(12-14)25(28)29)22-19(26)13-23-8-10-24(11-9-23)20(27)15-4-2-3-5-16(15)21/h2-7,12H,8-11,13H2,1H3,(H,22,26). The SMILES string of the molecule is Cc1ccc(NC(=O)CN2CCN(C(=O)c3ccccc3Cl)CC2)c([N+](=O)[O-])c1. The smallest absolute Gasteiger partial charge is 0.293 e. The molecule has 2 aromatic carbocycles. The molecule has 152 valence electrons. The van der Waals surface area contributed by atoms with Crippen molar-refractivity contribution < 1.29 is 14.5 Å². The van der Waals surface area contributed by atoms with E-state index in [0.717, 1.165) is 5.56 Å². The molecule has 1 aliphatic rings. The molecule has 8 nitrogen and oxygen atoms in total. The van der Waals surface area contributed by atoms with E-state index in [1.165, 1.54) is 12.1 Å². The molecule has 3 rings (SSSR count). The van der Waals surface area contributed by atoms with Crippen LogP contribution in [0.3, 0.4) is 0 Å². The normalized spacial score (nSPS) is 14.5. The van der Waals surface area contributed by atoms with Crippen molar-refractivity contribution >= 4 is 34.8 Å². The highest BCUT2D eigenvalue weighted by molar-refractivity contribution is 6.33. The number of rotatable bonds is 5. The van der Waals surface area contributed by atoms with E-state index in [1.54, 1.807) is 42.2 Å². The molecule has 0 spiro atoms. The van der Waals surface area contributed by atoms with Gasteiger partial charge in [0, 0.05) is 32.2 Å². The summed E-state index contributed by atoms with van der Waals surface area (Å²) in [5.41, 5.74) is 1.26. The number of nitro groups is 1. The summed E-state index contributed by atoms with van der Waals surface area (Å²) in [7, 11) is 0. The number of halogens is 1. The van der Waals surface area contributed by atoms with E-state index in [1.807, 2.05) is 4.90 Å². The van der Waals surface area contributed by atoms with E-state index in [0.29, 0.717) is 36.8 Å². The van der Waals surface area contributed by atoms with Crippen molar-refractivity contribution in [3.8, 4) is 0 Å². The highest BCUT2D eigenvalue weighted by Crippen LogP contribution is 2.25. The molecule has 2 amide bonds. The van der Waals surface area contributed by atoms with Gasteiger partial charge in [-0.2, -0.15) is 0 Å². The Morgan fingerprint density at radius 1 is 1.14 bits per heavy atom. The molecule has 1 saturated heterocycles. The third-order valence-electron chi connectivity index (χ3n) is 4.76. The van der Waals surface area contributed by atoms with Crippen LogP contribution in [0, 0.1) is 17.0 Å². The third kappa shape index (κ3) is 5.10. The minimum Gasteiger partial charge on any atom is -0.336 e. The van der Waals surface area contributed by atoms with Crippen LogP contribution in [0.1, 0.15) is 15.9 Å². The molecule has 9 heteroatoms. The van der Waals surface area contributed by atoms with Gasteiger partial charge in [-0.3, -0.25) is 24.6 Å². The largest absolute Gasteiger partial charge is 0.336 e. The van der Waals surface area contributed by atoms with Crippen LogP contribution in [-0.2, 0) is 4.79 Å². The van der Waals surface area contributed by atoms with Crippen LogP contribution >= 0.6 is 11.6 Å². The summed E-state index contributed by atoms with van der Waals surface area (Å²) < 4.78 is 0. The van der Waals surface area contributed by atoms with Crippen molar-refractivity contribution in [3.63, 3.8) is 0 Å². The van der Waals surface area contributed by atoms with Gasteiger partial charge in [0.25, 0.3) is 11.6 Å². The fourth-order valence-electron chi connectivity index (χ4n) is 3.21. The number of nitrogens with one attached hydrogen (secondary N) is 1. The van der Waals surface area contributed by atoms with E-state index in [2.05, 4.69) is 5.32 Å². The Kier molecular flexibility index (Phi) is 6.46. The lowest BCUT2D eigenvalue weighted by atomic mass is 10.1. The average Bonchev–Trinajstić information content (AvgIpc) is 2.69. The van der Waals surface area contributed by atoms with Crippen LogP contribution < -0.4 is 5.32 Å². The number of hydrogen-bond donors (Lipinski definition) is 1. The molecular formula is C20H21ClN4O4. The van der Waals surface area contributed by atoms with Crippen LogP contribution in [0.15, 0.2) is 42.5 Å². The minimum atomic E-state index is -0.512. The monoisotopic (exact) mass is 416 g/mol. The number of piperazine rings is 1. The Morgan fingerprint density at radius 3 is 2.48 bits per heavy atom. The second kappa shape index (κ2) is 9.02. The first-order chi connectivity index (χ1) is 13.8. The summed E-state index contributed by atoms with van der Waals surface area (Å²) in [6.45, 7) is 3.85. The molecule has 0 saturated carbocycles. The van der Waals surface area contributed by atoms with Crippen molar-refractivity contribution in [2.45, 2.75) is 6.92 Å². The van der Waals surface area contributed by atoms with Crippen molar-refractivity contribution in [1.29, 1.82) is 0 Å². The third-order valence-corrected chi connectivity index (χ3v) is 5.08. The summed E-state index contributed by atoms with van der Waals surface area (Å²) in [5.74, 6) is -0.460. The Labute approximate surface area is 173 Å². The summed E-state index contributed by atoms with van der Waals surface area (Å²) >= 11 is 6.10. The van der Waals surface area contributed by atoms with Gasteiger partial charge < -0.3 is 10.2 Å². The molecule has 0 unspecified atom stereocenters. The number of hydrogen-bond acceptors (Lipinski definition) is 5. The highest BCUT2D eigenvalue weighted by atomic mass is 35.5. The molecule has 0 atom stereocenters. The molecule has 2 aromatic rings. The second-order valence-corrected chi connectivity index (χ2v) is 7.28. The molecule has 1 aliphatic heterocycles. The van der Waals surface area contributed by atoms with Crippen molar-refractivity contribution in [3.05, 3.63) is 68.7 Å². The molecule has 0 aromatic heterocycles. The van der Waals surface area contributed by atoms with Gasteiger partial charge in [-0.05, 0) is 30.7 Å². The Morgan fingerprint density at radius 2 is 1.83 bits per heavy atom. The van der Waals surface area contributed by atoms with Crippen molar-refractivity contribution in [2.24, 2.45) is 0 Å². The number of anilines is 1. The highest BCUT2D eigenvalue weighted by Gasteiger charge is 2.25. The summed E-state index contributed by atoms with van der Waals surface area (Å²) in [5, 5.41) is 14.2. The zero-order valence-electron chi connectivity index (χ0n) is 15.9. The van der Waals surface area contributed by atoms with Crippen molar-refractivity contribution in [2.75, 3.05) is 38.0 Å². The fraction of sp³-hybridized carbons (Fsp3) is 0.300. The van der Waals surface area contributed by atoms with E-state index in [-0.39, 0.29) is 29.7 Å². The van der Waals surface area contributed by atoms with Crippen LogP contribution in [0.4, 0.5) is 11.4 Å². The van der Waals surface area contributed by atoms with Crippen LogP contribution in [0.2, 0.25) is 5.02 Å². The fourth-order valence-corrected chi connectivity index (χ4v) is 3.42. The van der Waals surface area contributed by atoms with Crippen LogP contribution in [0.25, 0.3) is 0 Å². The Bertz CT molecular complexity index is 942. The molecule has 1 heterocycles. The number of carbonyl (C=O) groups is 2. The number of amides is 2. The van der Waals surface area contributed by atoms with Gasteiger partial charge in [-0.1, -0.05) is 29.8 Å². The van der Waals surface area contributed by atoms with Gasteiger partial charge in [-0.15, -0.1) is 0 Å². The van der Waals surface area contributed by atoms with E-state index in [4.69, 9.17) is 11.6 Å². The zero-order chi connectivity index (χ0) is 21.0. The molecule has 1 N–H and O–H groups in total. The topological polar surface area (TPSA) is 95.8 Å². The minimum absolute atomic E-state index is 0.0964. The first-order valence-corrected chi connectivity index (χ1v) is 9.54. The molecule has 1 fully saturated rings. The zero-order valence-corrected chi connectivity index (χ0v) is 16.7. The average molecular weight is 417 g/mol. The van der Waals surface area contributed by atoms with E-state index in [9.17, 15) is 19.7 Å². The number of aryl methyl sites for hydroxylation is 1. The first-order valence-electron chi connectivity index (χ1n) is 9.16. The van der Waals surface area contributed by atoms with Gasteiger partial charge in [0.2, 0.25) is 5.91 Å². The molecule has 0 aliphatic carbocycles. The van der Waals surface area contributed by atoms with Crippen molar-refractivity contribution in [1.82, 2.24) is 9.80 Å². The van der Waals surface area contributed by atoms with Gasteiger partial charge in [-0.25, -0.2) is 0 Å². The summed E-state index contributed by atoms with van der Waals surface area (Å²) in [4.78, 5) is 39.2. The Balaban J connectivity index is 1.55. The van der Waals surface area contributed by atoms with Gasteiger partial charge in [0.05, 0.1) is 22.1 Å². The number of nitro benzene ring substituents is 1. The number of benzene rings is 2.